The molecule has 1 heterocycles. The number of nitrogens with one attached hydrogen (secondary N) is 2. The van der Waals surface area contributed by atoms with Crippen LogP contribution in [0.3, 0.4) is 0 Å². The van der Waals surface area contributed by atoms with Gasteiger partial charge in [-0.05, 0) is 42.2 Å². The number of carbonyl (C=O) groups excluding carboxylic acids is 1. The molecule has 0 unspecified atom stereocenters. The van der Waals surface area contributed by atoms with Crippen molar-refractivity contribution < 1.29 is 4.79 Å². The minimum Gasteiger partial charge on any atom is -0.356 e. The molecular weight excluding hydrogens is 348 g/mol. The molecule has 1 amide bonds. The van der Waals surface area contributed by atoms with Gasteiger partial charge in [0, 0.05) is 30.8 Å². The largest absolute Gasteiger partial charge is 0.356 e. The first-order valence-electron chi connectivity index (χ1n) is 8.74. The normalized spacial score (nSPS) is 13.5. The fraction of sp³-hybridized carbons (Fsp3) is 0.300. The third-order valence-corrected chi connectivity index (χ3v) is 4.69. The van der Waals surface area contributed by atoms with Crippen LogP contribution in [0.4, 0.5) is 5.69 Å². The monoisotopic (exact) mass is 370 g/mol. The van der Waals surface area contributed by atoms with Crippen LogP contribution in [0.1, 0.15) is 11.1 Å². The molecule has 2 aromatic rings. The van der Waals surface area contributed by atoms with Crippen LogP contribution in [-0.2, 0) is 17.6 Å². The Hall–Kier alpha value is -2.53. The van der Waals surface area contributed by atoms with Gasteiger partial charge in [-0.3, -0.25) is 9.79 Å². The van der Waals surface area contributed by atoms with E-state index in [1.807, 2.05) is 47.4 Å². The molecule has 0 aliphatic carbocycles. The van der Waals surface area contributed by atoms with Crippen LogP contribution in [0.25, 0.3) is 0 Å². The van der Waals surface area contributed by atoms with Crippen LogP contribution in [0, 0.1) is 0 Å². The van der Waals surface area contributed by atoms with Crippen molar-refractivity contribution in [3.8, 4) is 0 Å². The molecule has 26 heavy (non-hydrogen) atoms. The standard InChI is InChI=1S/C20H23ClN4O/c1-22-20(23-12-10-15-6-8-17(21)9-7-15)24-14-19(26)25-13-11-16-4-2-3-5-18(16)25/h2-9H,10-14H2,1H3,(H2,22,23,24). The first kappa shape index (κ1) is 18.3. The molecule has 0 saturated heterocycles. The molecule has 2 N–H and O–H groups in total. The number of carbonyl (C=O) groups is 1. The molecule has 6 heteroatoms. The van der Waals surface area contributed by atoms with Crippen molar-refractivity contribution in [3.63, 3.8) is 0 Å². The van der Waals surface area contributed by atoms with Crippen LogP contribution in [0.5, 0.6) is 0 Å². The highest BCUT2D eigenvalue weighted by Crippen LogP contribution is 2.27. The van der Waals surface area contributed by atoms with Crippen LogP contribution in [-0.4, -0.2) is 38.5 Å². The number of aliphatic imine (C=N–C) groups is 1. The van der Waals surface area contributed by atoms with Gasteiger partial charge in [0.05, 0.1) is 6.54 Å². The maximum Gasteiger partial charge on any atom is 0.246 e. The van der Waals surface area contributed by atoms with Crippen LogP contribution >= 0.6 is 11.6 Å². The molecule has 0 atom stereocenters. The summed E-state index contributed by atoms with van der Waals surface area (Å²) >= 11 is 5.89. The average molecular weight is 371 g/mol. The second-order valence-electron chi connectivity index (χ2n) is 6.15. The minimum absolute atomic E-state index is 0.0515. The van der Waals surface area contributed by atoms with Crippen molar-refractivity contribution in [3.05, 3.63) is 64.7 Å². The second kappa shape index (κ2) is 8.72. The number of anilines is 1. The first-order valence-corrected chi connectivity index (χ1v) is 9.12. The van der Waals surface area contributed by atoms with E-state index in [0.717, 1.165) is 36.6 Å². The van der Waals surface area contributed by atoms with Crippen LogP contribution in [0.2, 0.25) is 5.02 Å². The number of fused-ring (bicyclic) bond motifs is 1. The van der Waals surface area contributed by atoms with Crippen molar-refractivity contribution >= 4 is 29.2 Å². The predicted molar refractivity (Wildman–Crippen MR) is 107 cm³/mol. The molecule has 0 radical (unpaired) electrons. The number of para-hydroxylation sites is 1. The van der Waals surface area contributed by atoms with E-state index >= 15 is 0 Å². The van der Waals surface area contributed by atoms with Gasteiger partial charge in [-0.25, -0.2) is 0 Å². The van der Waals surface area contributed by atoms with E-state index in [9.17, 15) is 4.79 Å². The Kier molecular flexibility index (Phi) is 6.12. The maximum atomic E-state index is 12.5. The second-order valence-corrected chi connectivity index (χ2v) is 6.59. The van der Waals surface area contributed by atoms with Gasteiger partial charge >= 0.3 is 0 Å². The Balaban J connectivity index is 1.45. The Morgan fingerprint density at radius 1 is 1.15 bits per heavy atom. The minimum atomic E-state index is 0.0515. The lowest BCUT2D eigenvalue weighted by molar-refractivity contribution is -0.117. The van der Waals surface area contributed by atoms with Gasteiger partial charge in [0.25, 0.3) is 0 Å². The van der Waals surface area contributed by atoms with Gasteiger partial charge in [-0.15, -0.1) is 0 Å². The van der Waals surface area contributed by atoms with Gasteiger partial charge < -0.3 is 15.5 Å². The van der Waals surface area contributed by atoms with Gasteiger partial charge in [-0.1, -0.05) is 41.9 Å². The fourth-order valence-corrected chi connectivity index (χ4v) is 3.17. The van der Waals surface area contributed by atoms with E-state index in [-0.39, 0.29) is 12.5 Å². The summed E-state index contributed by atoms with van der Waals surface area (Å²) < 4.78 is 0. The highest BCUT2D eigenvalue weighted by molar-refractivity contribution is 6.30. The molecule has 2 aromatic carbocycles. The zero-order valence-electron chi connectivity index (χ0n) is 14.8. The van der Waals surface area contributed by atoms with Gasteiger partial charge in [-0.2, -0.15) is 0 Å². The molecule has 136 valence electrons. The van der Waals surface area contributed by atoms with Gasteiger partial charge in [0.2, 0.25) is 5.91 Å². The number of halogens is 1. The first-order chi connectivity index (χ1) is 12.7. The third kappa shape index (κ3) is 4.55. The highest BCUT2D eigenvalue weighted by atomic mass is 35.5. The lowest BCUT2D eigenvalue weighted by Crippen LogP contribution is -2.44. The average Bonchev–Trinajstić information content (AvgIpc) is 3.10. The van der Waals surface area contributed by atoms with Crippen LogP contribution < -0.4 is 15.5 Å². The smallest absolute Gasteiger partial charge is 0.246 e. The summed E-state index contributed by atoms with van der Waals surface area (Å²) in [5, 5.41) is 7.07. The fourth-order valence-electron chi connectivity index (χ4n) is 3.05. The summed E-state index contributed by atoms with van der Waals surface area (Å²) in [6.45, 7) is 1.68. The lowest BCUT2D eigenvalue weighted by atomic mass is 10.1. The molecule has 1 aliphatic rings. The van der Waals surface area contributed by atoms with E-state index < -0.39 is 0 Å². The number of rotatable bonds is 5. The molecule has 3 rings (SSSR count). The summed E-state index contributed by atoms with van der Waals surface area (Å²) in [6, 6.07) is 15.8. The summed E-state index contributed by atoms with van der Waals surface area (Å²) in [4.78, 5) is 18.5. The van der Waals surface area contributed by atoms with Crippen LogP contribution in [0.15, 0.2) is 53.5 Å². The number of amides is 1. The van der Waals surface area contributed by atoms with Gasteiger partial charge in [0.1, 0.15) is 0 Å². The summed E-state index contributed by atoms with van der Waals surface area (Å²) in [5.41, 5.74) is 3.44. The van der Waals surface area contributed by atoms with Crippen molar-refractivity contribution in [2.75, 3.05) is 31.6 Å². The van der Waals surface area contributed by atoms with E-state index in [2.05, 4.69) is 21.7 Å². The molecule has 0 saturated carbocycles. The number of hydrogen-bond donors (Lipinski definition) is 2. The van der Waals surface area contributed by atoms with Crippen molar-refractivity contribution in [2.24, 2.45) is 4.99 Å². The summed E-state index contributed by atoms with van der Waals surface area (Å²) in [7, 11) is 1.70. The Morgan fingerprint density at radius 3 is 2.69 bits per heavy atom. The van der Waals surface area contributed by atoms with E-state index in [4.69, 9.17) is 11.6 Å². The molecule has 1 aliphatic heterocycles. The zero-order chi connectivity index (χ0) is 18.4. The lowest BCUT2D eigenvalue weighted by Gasteiger charge is -2.18. The number of hydrogen-bond acceptors (Lipinski definition) is 2. The summed E-state index contributed by atoms with van der Waals surface area (Å²) in [5.74, 6) is 0.676. The van der Waals surface area contributed by atoms with Crippen molar-refractivity contribution in [1.29, 1.82) is 0 Å². The van der Waals surface area contributed by atoms with E-state index in [1.54, 1.807) is 7.05 Å². The maximum absolute atomic E-state index is 12.5. The SMILES string of the molecule is CN=C(NCCc1ccc(Cl)cc1)NCC(=O)N1CCc2ccccc21. The predicted octanol–water partition coefficient (Wildman–Crippen LogP) is 2.64. The zero-order valence-corrected chi connectivity index (χ0v) is 15.6. The Morgan fingerprint density at radius 2 is 1.92 bits per heavy atom. The van der Waals surface area contributed by atoms with Gasteiger partial charge in [0.15, 0.2) is 5.96 Å². The third-order valence-electron chi connectivity index (χ3n) is 4.44. The molecule has 0 fully saturated rings. The molecule has 5 nitrogen and oxygen atoms in total. The molecule has 0 aromatic heterocycles. The van der Waals surface area contributed by atoms with E-state index in [0.29, 0.717) is 5.96 Å². The topological polar surface area (TPSA) is 56.7 Å². The van der Waals surface area contributed by atoms with E-state index in [1.165, 1.54) is 11.1 Å². The number of benzene rings is 2. The number of guanidine groups is 1. The number of nitrogens with zero attached hydrogens (tertiary/aromatic N) is 2. The molecule has 0 spiro atoms. The molecule has 0 bridgehead atoms. The molecular formula is C20H23ClN4O. The Bertz CT molecular complexity index is 789. The van der Waals surface area contributed by atoms with Crippen molar-refractivity contribution in [1.82, 2.24) is 10.6 Å². The Labute approximate surface area is 159 Å². The van der Waals surface area contributed by atoms with Crippen molar-refractivity contribution in [2.45, 2.75) is 12.8 Å². The highest BCUT2D eigenvalue weighted by Gasteiger charge is 2.23. The summed E-state index contributed by atoms with van der Waals surface area (Å²) in [6.07, 6.45) is 1.77. The quantitative estimate of drug-likeness (QED) is 0.628.